The van der Waals surface area contributed by atoms with E-state index in [4.69, 9.17) is 32.7 Å². The van der Waals surface area contributed by atoms with Crippen LogP contribution in [0.2, 0.25) is 10.0 Å². The highest BCUT2D eigenvalue weighted by atomic mass is 127. The maximum atomic E-state index is 12.5. The zero-order chi connectivity index (χ0) is 25.7. The van der Waals surface area contributed by atoms with Crippen LogP contribution in [0, 0.1) is 3.57 Å². The Morgan fingerprint density at radius 1 is 1.08 bits per heavy atom. The molecule has 6 nitrogen and oxygen atoms in total. The van der Waals surface area contributed by atoms with E-state index >= 15 is 0 Å². The van der Waals surface area contributed by atoms with Crippen molar-refractivity contribution in [3.8, 4) is 11.5 Å². The summed E-state index contributed by atoms with van der Waals surface area (Å²) in [6.07, 6.45) is 1.72. The number of hydrogen-bond donors (Lipinski definition) is 1. The van der Waals surface area contributed by atoms with Crippen LogP contribution >= 0.6 is 57.6 Å². The van der Waals surface area contributed by atoms with Crippen molar-refractivity contribution >= 4 is 80.6 Å². The standard InChI is InChI=1S/C26H19Cl2IN2O4S/c1-2-34-21-12-16(11-20(29)23(21)35-14-15-4-3-5-19(28)10-15)13-22-25(33)31-26(36-22)30-24(32)17-6-8-18(27)9-7-17/h3-13H,2,14H2,1H3,(H,30,31,32,33)/b22-13-. The minimum atomic E-state index is -0.467. The molecule has 0 aromatic heterocycles. The molecule has 0 saturated carbocycles. The van der Waals surface area contributed by atoms with Crippen LogP contribution in [0.25, 0.3) is 6.08 Å². The quantitative estimate of drug-likeness (QED) is 0.220. The van der Waals surface area contributed by atoms with Crippen molar-refractivity contribution in [3.63, 3.8) is 0 Å². The van der Waals surface area contributed by atoms with Gasteiger partial charge in [0.25, 0.3) is 11.8 Å². The molecule has 184 valence electrons. The number of nitrogens with one attached hydrogen (secondary N) is 1. The molecule has 1 aliphatic rings. The molecule has 1 fully saturated rings. The van der Waals surface area contributed by atoms with Gasteiger partial charge in [-0.3, -0.25) is 9.59 Å². The molecule has 2 amide bonds. The van der Waals surface area contributed by atoms with Crippen LogP contribution in [0.15, 0.2) is 70.6 Å². The number of amidine groups is 1. The van der Waals surface area contributed by atoms with Crippen LogP contribution in [-0.2, 0) is 11.4 Å². The van der Waals surface area contributed by atoms with E-state index in [0.717, 1.165) is 26.5 Å². The summed E-state index contributed by atoms with van der Waals surface area (Å²) >= 11 is 15.2. The lowest BCUT2D eigenvalue weighted by atomic mass is 10.2. The second-order valence-electron chi connectivity index (χ2n) is 7.48. The molecule has 1 heterocycles. The van der Waals surface area contributed by atoms with Crippen LogP contribution in [0.1, 0.15) is 28.4 Å². The lowest BCUT2D eigenvalue weighted by Crippen LogP contribution is -2.20. The first kappa shape index (κ1) is 26.5. The van der Waals surface area contributed by atoms with Gasteiger partial charge in [-0.1, -0.05) is 35.3 Å². The number of amides is 2. The summed E-state index contributed by atoms with van der Waals surface area (Å²) in [4.78, 5) is 29.4. The first-order valence-electron chi connectivity index (χ1n) is 10.8. The van der Waals surface area contributed by atoms with Gasteiger partial charge >= 0.3 is 0 Å². The van der Waals surface area contributed by atoms with E-state index in [-0.39, 0.29) is 11.1 Å². The van der Waals surface area contributed by atoms with Gasteiger partial charge in [0.1, 0.15) is 6.61 Å². The lowest BCUT2D eigenvalue weighted by molar-refractivity contribution is -0.115. The van der Waals surface area contributed by atoms with Gasteiger partial charge in [-0.2, -0.15) is 4.99 Å². The minimum absolute atomic E-state index is 0.215. The average molecular weight is 653 g/mol. The molecule has 0 bridgehead atoms. The van der Waals surface area contributed by atoms with E-state index in [9.17, 15) is 9.59 Å². The largest absolute Gasteiger partial charge is 0.490 e. The van der Waals surface area contributed by atoms with Gasteiger partial charge in [0, 0.05) is 15.6 Å². The molecule has 0 aliphatic carbocycles. The minimum Gasteiger partial charge on any atom is -0.490 e. The molecule has 1 aliphatic heterocycles. The van der Waals surface area contributed by atoms with Crippen molar-refractivity contribution in [2.45, 2.75) is 13.5 Å². The highest BCUT2D eigenvalue weighted by Gasteiger charge is 2.25. The van der Waals surface area contributed by atoms with Gasteiger partial charge in [-0.25, -0.2) is 0 Å². The van der Waals surface area contributed by atoms with Crippen LogP contribution in [0.4, 0.5) is 0 Å². The number of hydrogen-bond acceptors (Lipinski definition) is 5. The third kappa shape index (κ3) is 6.82. The van der Waals surface area contributed by atoms with Gasteiger partial charge in [-0.15, -0.1) is 0 Å². The van der Waals surface area contributed by atoms with Crippen molar-refractivity contribution in [3.05, 3.63) is 95.9 Å². The Labute approximate surface area is 236 Å². The second kappa shape index (κ2) is 12.1. The van der Waals surface area contributed by atoms with E-state index in [1.165, 1.54) is 0 Å². The summed E-state index contributed by atoms with van der Waals surface area (Å²) in [6.45, 7) is 2.67. The number of carbonyl (C=O) groups excluding carboxylic acids is 2. The fourth-order valence-corrected chi connectivity index (χ4v) is 5.18. The summed E-state index contributed by atoms with van der Waals surface area (Å²) < 4.78 is 12.7. The zero-order valence-electron chi connectivity index (χ0n) is 18.9. The van der Waals surface area contributed by atoms with Crippen LogP contribution in [0.5, 0.6) is 11.5 Å². The van der Waals surface area contributed by atoms with Crippen molar-refractivity contribution < 1.29 is 19.1 Å². The monoisotopic (exact) mass is 652 g/mol. The molecular formula is C26H19Cl2IN2O4S. The number of ether oxygens (including phenoxy) is 2. The number of halogens is 3. The molecule has 3 aromatic rings. The third-order valence-electron chi connectivity index (χ3n) is 4.85. The van der Waals surface area contributed by atoms with Crippen molar-refractivity contribution in [1.82, 2.24) is 5.32 Å². The van der Waals surface area contributed by atoms with E-state index < -0.39 is 5.91 Å². The SMILES string of the molecule is CCOc1cc(/C=C2\SC(=NC(=O)c3ccc(Cl)cc3)NC2=O)cc(I)c1OCc1cccc(Cl)c1. The number of aliphatic imine (C=N–C) groups is 1. The number of rotatable bonds is 7. The summed E-state index contributed by atoms with van der Waals surface area (Å²) in [6, 6.07) is 17.6. The highest BCUT2D eigenvalue weighted by molar-refractivity contribution is 14.1. The molecule has 0 atom stereocenters. The molecular weight excluding hydrogens is 634 g/mol. The Morgan fingerprint density at radius 3 is 2.58 bits per heavy atom. The molecule has 0 radical (unpaired) electrons. The summed E-state index contributed by atoms with van der Waals surface area (Å²) in [5, 5.41) is 4.02. The molecule has 3 aromatic carbocycles. The van der Waals surface area contributed by atoms with Crippen LogP contribution in [0.3, 0.4) is 0 Å². The Morgan fingerprint density at radius 2 is 1.86 bits per heavy atom. The molecule has 10 heteroatoms. The maximum absolute atomic E-state index is 12.5. The van der Waals surface area contributed by atoms with Gasteiger partial charge < -0.3 is 14.8 Å². The Bertz CT molecular complexity index is 1380. The summed E-state index contributed by atoms with van der Waals surface area (Å²) in [7, 11) is 0. The first-order chi connectivity index (χ1) is 17.3. The Hall–Kier alpha value is -2.53. The average Bonchev–Trinajstić information content (AvgIpc) is 3.17. The molecule has 1 N–H and O–H groups in total. The fourth-order valence-electron chi connectivity index (χ4n) is 3.24. The van der Waals surface area contributed by atoms with E-state index in [1.54, 1.807) is 30.3 Å². The number of nitrogens with zero attached hydrogens (tertiary/aromatic N) is 1. The smallest absolute Gasteiger partial charge is 0.279 e. The van der Waals surface area contributed by atoms with Gasteiger partial charge in [0.05, 0.1) is 15.1 Å². The van der Waals surface area contributed by atoms with Crippen molar-refractivity contribution in [2.24, 2.45) is 4.99 Å². The normalized spacial score (nSPS) is 15.3. The third-order valence-corrected chi connectivity index (χ3v) is 7.05. The second-order valence-corrected chi connectivity index (χ2v) is 10.5. The molecule has 1 saturated heterocycles. The Balaban J connectivity index is 1.53. The molecule has 0 spiro atoms. The predicted octanol–water partition coefficient (Wildman–Crippen LogP) is 6.98. The lowest BCUT2D eigenvalue weighted by Gasteiger charge is -2.15. The summed E-state index contributed by atoms with van der Waals surface area (Å²) in [5.41, 5.74) is 2.07. The van der Waals surface area contributed by atoms with E-state index in [2.05, 4.69) is 32.9 Å². The predicted molar refractivity (Wildman–Crippen MR) is 153 cm³/mol. The van der Waals surface area contributed by atoms with Gasteiger partial charge in [0.15, 0.2) is 16.7 Å². The number of benzene rings is 3. The molecule has 0 unspecified atom stereocenters. The van der Waals surface area contributed by atoms with Crippen LogP contribution < -0.4 is 14.8 Å². The van der Waals surface area contributed by atoms with Gasteiger partial charge in [0.2, 0.25) is 0 Å². The number of carbonyl (C=O) groups is 2. The van der Waals surface area contributed by atoms with E-state index in [0.29, 0.717) is 45.2 Å². The topological polar surface area (TPSA) is 77.0 Å². The summed E-state index contributed by atoms with van der Waals surface area (Å²) in [5.74, 6) is 0.370. The fraction of sp³-hybridized carbons (Fsp3) is 0.115. The highest BCUT2D eigenvalue weighted by Crippen LogP contribution is 2.37. The first-order valence-corrected chi connectivity index (χ1v) is 13.4. The van der Waals surface area contributed by atoms with Gasteiger partial charge in [-0.05, 0) is 107 Å². The Kier molecular flexibility index (Phi) is 8.95. The molecule has 4 rings (SSSR count). The van der Waals surface area contributed by atoms with Crippen molar-refractivity contribution in [1.29, 1.82) is 0 Å². The molecule has 36 heavy (non-hydrogen) atoms. The van der Waals surface area contributed by atoms with Crippen LogP contribution in [-0.4, -0.2) is 23.6 Å². The van der Waals surface area contributed by atoms with Crippen molar-refractivity contribution in [2.75, 3.05) is 6.61 Å². The van der Waals surface area contributed by atoms with E-state index in [1.807, 2.05) is 43.3 Å². The number of thioether (sulfide) groups is 1. The maximum Gasteiger partial charge on any atom is 0.279 e. The zero-order valence-corrected chi connectivity index (χ0v) is 23.4.